The van der Waals surface area contributed by atoms with Crippen molar-refractivity contribution in [2.45, 2.75) is 26.2 Å². The van der Waals surface area contributed by atoms with Crippen LogP contribution in [0.2, 0.25) is 0 Å². The molecule has 0 saturated heterocycles. The van der Waals surface area contributed by atoms with E-state index in [-0.39, 0.29) is 18.1 Å². The van der Waals surface area contributed by atoms with Crippen molar-refractivity contribution in [2.24, 2.45) is 5.41 Å². The molecule has 102 valence electrons. The van der Waals surface area contributed by atoms with E-state index in [1.54, 1.807) is 6.92 Å². The van der Waals surface area contributed by atoms with Gasteiger partial charge in [0.2, 0.25) is 5.82 Å². The van der Waals surface area contributed by atoms with Crippen LogP contribution in [0.4, 0.5) is 11.5 Å². The van der Waals surface area contributed by atoms with E-state index in [9.17, 15) is 20.0 Å². The van der Waals surface area contributed by atoms with Crippen LogP contribution in [0.25, 0.3) is 0 Å². The fraction of sp³-hybridized carbons (Fsp3) is 0.500. The van der Waals surface area contributed by atoms with E-state index in [2.05, 4.69) is 10.3 Å². The normalized spacial score (nSPS) is 16.5. The Hall–Kier alpha value is -2.18. The van der Waals surface area contributed by atoms with E-state index < -0.39 is 16.3 Å². The second-order valence-corrected chi connectivity index (χ2v) is 4.93. The van der Waals surface area contributed by atoms with E-state index in [1.165, 1.54) is 12.3 Å². The lowest BCUT2D eigenvalue weighted by Crippen LogP contribution is -2.43. The van der Waals surface area contributed by atoms with E-state index in [0.29, 0.717) is 18.4 Å². The molecule has 0 aliphatic heterocycles. The Morgan fingerprint density at radius 2 is 2.32 bits per heavy atom. The Morgan fingerprint density at radius 1 is 1.63 bits per heavy atom. The minimum absolute atomic E-state index is 0.125. The Bertz CT molecular complexity index is 526. The van der Waals surface area contributed by atoms with Gasteiger partial charge in [-0.1, -0.05) is 6.42 Å². The summed E-state index contributed by atoms with van der Waals surface area (Å²) in [5.74, 6) is -0.732. The molecule has 1 heterocycles. The molecule has 0 radical (unpaired) electrons. The van der Waals surface area contributed by atoms with Gasteiger partial charge in [0, 0.05) is 18.8 Å². The van der Waals surface area contributed by atoms with Crippen molar-refractivity contribution in [3.8, 4) is 0 Å². The molecule has 2 rings (SSSR count). The number of nitrogens with zero attached hydrogens (tertiary/aromatic N) is 2. The Labute approximate surface area is 109 Å². The number of nitro groups is 1. The average Bonchev–Trinajstić information content (AvgIpc) is 2.28. The molecule has 1 aromatic rings. The molecule has 0 unspecified atom stereocenters. The minimum atomic E-state index is -0.860. The second-order valence-electron chi connectivity index (χ2n) is 4.93. The van der Waals surface area contributed by atoms with Crippen molar-refractivity contribution in [1.29, 1.82) is 0 Å². The van der Waals surface area contributed by atoms with E-state index in [0.717, 1.165) is 6.42 Å². The summed E-state index contributed by atoms with van der Waals surface area (Å²) < 4.78 is 0. The van der Waals surface area contributed by atoms with Gasteiger partial charge in [0.1, 0.15) is 0 Å². The highest BCUT2D eigenvalue weighted by atomic mass is 16.6. The van der Waals surface area contributed by atoms with Gasteiger partial charge in [-0.25, -0.2) is 4.98 Å². The standard InChI is InChI=1S/C12H15N3O4/c1-8-5-9(15(18)19)10(13-6-8)14-7-12(11(16)17)3-2-4-12/h5-6H,2-4,7H2,1H3,(H,13,14)(H,16,17). The number of carbonyl (C=O) groups is 1. The predicted octanol–water partition coefficient (Wildman–Crippen LogP) is 1.97. The Morgan fingerprint density at radius 3 is 2.79 bits per heavy atom. The van der Waals surface area contributed by atoms with Crippen molar-refractivity contribution in [3.05, 3.63) is 27.9 Å². The summed E-state index contributed by atoms with van der Waals surface area (Å²) >= 11 is 0. The van der Waals surface area contributed by atoms with Gasteiger partial charge in [0.05, 0.1) is 10.3 Å². The summed E-state index contributed by atoms with van der Waals surface area (Å²) in [4.78, 5) is 25.6. The number of carboxylic acid groups (broad SMARTS) is 1. The molecule has 1 aromatic heterocycles. The molecule has 2 N–H and O–H groups in total. The molecule has 1 saturated carbocycles. The van der Waals surface area contributed by atoms with Crippen molar-refractivity contribution in [1.82, 2.24) is 4.98 Å². The van der Waals surface area contributed by atoms with Gasteiger partial charge in [-0.3, -0.25) is 14.9 Å². The number of pyridine rings is 1. The van der Waals surface area contributed by atoms with Crippen LogP contribution >= 0.6 is 0 Å². The number of aliphatic carboxylic acids is 1. The molecule has 0 spiro atoms. The van der Waals surface area contributed by atoms with Gasteiger partial charge < -0.3 is 10.4 Å². The largest absolute Gasteiger partial charge is 0.481 e. The molecule has 0 bridgehead atoms. The molecular formula is C12H15N3O4. The molecule has 7 nitrogen and oxygen atoms in total. The van der Waals surface area contributed by atoms with Crippen molar-refractivity contribution >= 4 is 17.5 Å². The SMILES string of the molecule is Cc1cnc(NCC2(C(=O)O)CCC2)c([N+](=O)[O-])c1. The maximum Gasteiger partial charge on any atom is 0.311 e. The average molecular weight is 265 g/mol. The summed E-state index contributed by atoms with van der Waals surface area (Å²) in [5.41, 5.74) is -0.242. The predicted molar refractivity (Wildman–Crippen MR) is 68.0 cm³/mol. The molecule has 0 amide bonds. The van der Waals surface area contributed by atoms with Crippen LogP contribution in [0.5, 0.6) is 0 Å². The zero-order valence-corrected chi connectivity index (χ0v) is 10.5. The number of carboxylic acids is 1. The lowest BCUT2D eigenvalue weighted by atomic mass is 9.69. The van der Waals surface area contributed by atoms with Crippen LogP contribution in [-0.4, -0.2) is 27.5 Å². The van der Waals surface area contributed by atoms with E-state index in [1.807, 2.05) is 0 Å². The summed E-state index contributed by atoms with van der Waals surface area (Å²) in [6.07, 6.45) is 3.57. The van der Waals surface area contributed by atoms with Crippen molar-refractivity contribution in [3.63, 3.8) is 0 Å². The van der Waals surface area contributed by atoms with Gasteiger partial charge in [0.15, 0.2) is 0 Å². The van der Waals surface area contributed by atoms with E-state index in [4.69, 9.17) is 0 Å². The number of anilines is 1. The summed E-state index contributed by atoms with van der Waals surface area (Å²) in [5, 5.41) is 22.9. The number of hydrogen-bond acceptors (Lipinski definition) is 5. The van der Waals surface area contributed by atoms with Crippen molar-refractivity contribution in [2.75, 3.05) is 11.9 Å². The molecule has 1 fully saturated rings. The van der Waals surface area contributed by atoms with Crippen LogP contribution in [0.1, 0.15) is 24.8 Å². The first-order valence-corrected chi connectivity index (χ1v) is 6.03. The zero-order chi connectivity index (χ0) is 14.0. The molecule has 19 heavy (non-hydrogen) atoms. The first-order chi connectivity index (χ1) is 8.94. The summed E-state index contributed by atoms with van der Waals surface area (Å²) in [6, 6.07) is 1.42. The van der Waals surface area contributed by atoms with Crippen LogP contribution in [0, 0.1) is 22.5 Å². The lowest BCUT2D eigenvalue weighted by molar-refractivity contribution is -0.384. The number of aryl methyl sites for hydroxylation is 1. The highest BCUT2D eigenvalue weighted by Crippen LogP contribution is 2.41. The van der Waals surface area contributed by atoms with Crippen LogP contribution < -0.4 is 5.32 Å². The quantitative estimate of drug-likeness (QED) is 0.622. The Kier molecular flexibility index (Phi) is 3.37. The maximum atomic E-state index is 11.2. The molecule has 0 atom stereocenters. The molecule has 1 aliphatic carbocycles. The molecule has 1 aliphatic rings. The van der Waals surface area contributed by atoms with Gasteiger partial charge in [-0.05, 0) is 25.3 Å². The van der Waals surface area contributed by atoms with Gasteiger partial charge in [-0.15, -0.1) is 0 Å². The fourth-order valence-corrected chi connectivity index (χ4v) is 2.15. The number of aromatic nitrogens is 1. The topological polar surface area (TPSA) is 105 Å². The number of nitrogens with one attached hydrogen (secondary N) is 1. The van der Waals surface area contributed by atoms with Crippen molar-refractivity contribution < 1.29 is 14.8 Å². The third kappa shape index (κ3) is 2.49. The minimum Gasteiger partial charge on any atom is -0.481 e. The summed E-state index contributed by atoms with van der Waals surface area (Å²) in [6.45, 7) is 1.88. The summed E-state index contributed by atoms with van der Waals surface area (Å²) in [7, 11) is 0. The fourth-order valence-electron chi connectivity index (χ4n) is 2.15. The molecule has 7 heteroatoms. The van der Waals surface area contributed by atoms with Gasteiger partial charge in [-0.2, -0.15) is 0 Å². The smallest absolute Gasteiger partial charge is 0.311 e. The highest BCUT2D eigenvalue weighted by molar-refractivity contribution is 5.76. The molecular weight excluding hydrogens is 250 g/mol. The monoisotopic (exact) mass is 265 g/mol. The maximum absolute atomic E-state index is 11.2. The molecule has 0 aromatic carbocycles. The second kappa shape index (κ2) is 4.83. The van der Waals surface area contributed by atoms with Crippen LogP contribution in [-0.2, 0) is 4.79 Å². The first kappa shape index (κ1) is 13.3. The first-order valence-electron chi connectivity index (χ1n) is 6.03. The van der Waals surface area contributed by atoms with Crippen LogP contribution in [0.3, 0.4) is 0 Å². The third-order valence-corrected chi connectivity index (χ3v) is 3.56. The zero-order valence-electron chi connectivity index (χ0n) is 10.5. The van der Waals surface area contributed by atoms with Crippen LogP contribution in [0.15, 0.2) is 12.3 Å². The van der Waals surface area contributed by atoms with Gasteiger partial charge in [0.25, 0.3) is 0 Å². The highest BCUT2D eigenvalue weighted by Gasteiger charge is 2.44. The Balaban J connectivity index is 2.15. The van der Waals surface area contributed by atoms with E-state index >= 15 is 0 Å². The number of hydrogen-bond donors (Lipinski definition) is 2. The lowest BCUT2D eigenvalue weighted by Gasteiger charge is -2.37. The van der Waals surface area contributed by atoms with Gasteiger partial charge >= 0.3 is 11.7 Å². The third-order valence-electron chi connectivity index (χ3n) is 3.56. The number of rotatable bonds is 5.